The van der Waals surface area contributed by atoms with Gasteiger partial charge in [0, 0.05) is 18.7 Å². The fourth-order valence-electron chi connectivity index (χ4n) is 1.19. The van der Waals surface area contributed by atoms with Gasteiger partial charge in [-0.15, -0.1) is 0 Å². The minimum atomic E-state index is -0.224. The standard InChI is InChI=1S/C11H16FNO/c1-2-5-14-8-10-6-9(7-13)3-4-11(10)12/h3-4,6H,2,5,7-8,13H2,1H3. The average Bonchev–Trinajstić information content (AvgIpc) is 2.21. The molecule has 0 bridgehead atoms. The fourth-order valence-corrected chi connectivity index (χ4v) is 1.19. The molecule has 0 amide bonds. The number of ether oxygens (including phenoxy) is 1. The summed E-state index contributed by atoms with van der Waals surface area (Å²) in [6, 6.07) is 4.89. The largest absolute Gasteiger partial charge is 0.377 e. The Balaban J connectivity index is 2.64. The lowest BCUT2D eigenvalue weighted by atomic mass is 10.1. The van der Waals surface area contributed by atoms with Gasteiger partial charge in [-0.25, -0.2) is 4.39 Å². The number of hydrogen-bond acceptors (Lipinski definition) is 2. The normalized spacial score (nSPS) is 10.5. The van der Waals surface area contributed by atoms with Gasteiger partial charge in [-0.05, 0) is 24.1 Å². The van der Waals surface area contributed by atoms with Crippen molar-refractivity contribution in [3.63, 3.8) is 0 Å². The lowest BCUT2D eigenvalue weighted by Crippen LogP contribution is -2.01. The first kappa shape index (κ1) is 11.1. The summed E-state index contributed by atoms with van der Waals surface area (Å²) in [7, 11) is 0. The van der Waals surface area contributed by atoms with E-state index in [-0.39, 0.29) is 5.82 Å². The zero-order chi connectivity index (χ0) is 10.4. The molecule has 0 atom stereocenters. The lowest BCUT2D eigenvalue weighted by Gasteiger charge is -2.06. The van der Waals surface area contributed by atoms with E-state index in [1.165, 1.54) is 6.07 Å². The van der Waals surface area contributed by atoms with Crippen LogP contribution in [0.3, 0.4) is 0 Å². The molecule has 78 valence electrons. The van der Waals surface area contributed by atoms with Crippen LogP contribution >= 0.6 is 0 Å². The van der Waals surface area contributed by atoms with E-state index >= 15 is 0 Å². The van der Waals surface area contributed by atoms with E-state index in [9.17, 15) is 4.39 Å². The van der Waals surface area contributed by atoms with Crippen LogP contribution in [0.1, 0.15) is 24.5 Å². The molecule has 14 heavy (non-hydrogen) atoms. The van der Waals surface area contributed by atoms with Crippen LogP contribution in [0.2, 0.25) is 0 Å². The predicted octanol–water partition coefficient (Wildman–Crippen LogP) is 2.21. The predicted molar refractivity (Wildman–Crippen MR) is 54.2 cm³/mol. The van der Waals surface area contributed by atoms with Crippen LogP contribution in [-0.2, 0) is 17.9 Å². The first-order chi connectivity index (χ1) is 6.77. The van der Waals surface area contributed by atoms with Crippen LogP contribution in [0.5, 0.6) is 0 Å². The van der Waals surface area contributed by atoms with Crippen LogP contribution < -0.4 is 5.73 Å². The molecule has 0 aliphatic heterocycles. The topological polar surface area (TPSA) is 35.2 Å². The Bertz CT molecular complexity index is 289. The third kappa shape index (κ3) is 3.09. The molecule has 2 nitrogen and oxygen atoms in total. The summed E-state index contributed by atoms with van der Waals surface area (Å²) in [5.41, 5.74) is 6.98. The highest BCUT2D eigenvalue weighted by molar-refractivity contribution is 5.24. The minimum absolute atomic E-state index is 0.224. The smallest absolute Gasteiger partial charge is 0.128 e. The number of rotatable bonds is 5. The molecular formula is C11H16FNO. The van der Waals surface area contributed by atoms with Crippen LogP contribution in [0.15, 0.2) is 18.2 Å². The van der Waals surface area contributed by atoms with Gasteiger partial charge in [-0.1, -0.05) is 13.0 Å². The van der Waals surface area contributed by atoms with E-state index < -0.39 is 0 Å². The highest BCUT2D eigenvalue weighted by Crippen LogP contribution is 2.11. The highest BCUT2D eigenvalue weighted by atomic mass is 19.1. The van der Waals surface area contributed by atoms with Gasteiger partial charge in [0.05, 0.1) is 6.61 Å². The summed E-state index contributed by atoms with van der Waals surface area (Å²) in [5, 5.41) is 0. The van der Waals surface area contributed by atoms with E-state index in [1.807, 2.05) is 6.92 Å². The molecule has 2 N–H and O–H groups in total. The Morgan fingerprint density at radius 2 is 2.21 bits per heavy atom. The van der Waals surface area contributed by atoms with E-state index in [1.54, 1.807) is 12.1 Å². The Morgan fingerprint density at radius 3 is 2.86 bits per heavy atom. The van der Waals surface area contributed by atoms with Gasteiger partial charge in [-0.3, -0.25) is 0 Å². The molecule has 0 saturated carbocycles. The molecule has 0 aromatic heterocycles. The van der Waals surface area contributed by atoms with Gasteiger partial charge in [0.25, 0.3) is 0 Å². The second-order valence-corrected chi connectivity index (χ2v) is 3.18. The Kier molecular flexibility index (Phi) is 4.56. The summed E-state index contributed by atoms with van der Waals surface area (Å²) in [6.45, 7) is 3.44. The fraction of sp³-hybridized carbons (Fsp3) is 0.455. The number of hydrogen-bond donors (Lipinski definition) is 1. The summed E-state index contributed by atoms with van der Waals surface area (Å²) >= 11 is 0. The van der Waals surface area contributed by atoms with Crippen molar-refractivity contribution in [2.75, 3.05) is 6.61 Å². The second kappa shape index (κ2) is 5.73. The van der Waals surface area contributed by atoms with Crippen molar-refractivity contribution in [3.8, 4) is 0 Å². The maximum atomic E-state index is 13.2. The molecule has 1 aromatic rings. The minimum Gasteiger partial charge on any atom is -0.377 e. The monoisotopic (exact) mass is 197 g/mol. The van der Waals surface area contributed by atoms with Crippen molar-refractivity contribution in [1.29, 1.82) is 0 Å². The zero-order valence-electron chi connectivity index (χ0n) is 8.42. The first-order valence-corrected chi connectivity index (χ1v) is 4.83. The van der Waals surface area contributed by atoms with Crippen molar-refractivity contribution in [3.05, 3.63) is 35.1 Å². The van der Waals surface area contributed by atoms with Gasteiger partial charge in [-0.2, -0.15) is 0 Å². The maximum Gasteiger partial charge on any atom is 0.128 e. The molecule has 0 spiro atoms. The van der Waals surface area contributed by atoms with Crippen molar-refractivity contribution in [1.82, 2.24) is 0 Å². The van der Waals surface area contributed by atoms with Crippen molar-refractivity contribution in [2.45, 2.75) is 26.5 Å². The SMILES string of the molecule is CCCOCc1cc(CN)ccc1F. The van der Waals surface area contributed by atoms with Gasteiger partial charge in [0.15, 0.2) is 0 Å². The summed E-state index contributed by atoms with van der Waals surface area (Å²) in [5.74, 6) is -0.224. The van der Waals surface area contributed by atoms with Gasteiger partial charge < -0.3 is 10.5 Å². The van der Waals surface area contributed by atoms with Gasteiger partial charge in [0.2, 0.25) is 0 Å². The third-order valence-electron chi connectivity index (χ3n) is 1.95. The number of halogens is 1. The van der Waals surface area contributed by atoms with Crippen LogP contribution in [0.25, 0.3) is 0 Å². The molecule has 1 aromatic carbocycles. The maximum absolute atomic E-state index is 13.2. The molecule has 0 fully saturated rings. The molecule has 0 aliphatic rings. The quantitative estimate of drug-likeness (QED) is 0.734. The van der Waals surface area contributed by atoms with E-state index in [0.717, 1.165) is 12.0 Å². The van der Waals surface area contributed by atoms with Crippen LogP contribution in [0, 0.1) is 5.82 Å². The Morgan fingerprint density at radius 1 is 1.43 bits per heavy atom. The lowest BCUT2D eigenvalue weighted by molar-refractivity contribution is 0.119. The number of benzene rings is 1. The zero-order valence-corrected chi connectivity index (χ0v) is 8.42. The Hall–Kier alpha value is -0.930. The molecule has 0 unspecified atom stereocenters. The van der Waals surface area contributed by atoms with E-state index in [2.05, 4.69) is 0 Å². The summed E-state index contributed by atoms with van der Waals surface area (Å²) in [6.07, 6.45) is 0.943. The molecule has 1 rings (SSSR count). The van der Waals surface area contributed by atoms with Crippen molar-refractivity contribution >= 4 is 0 Å². The number of nitrogens with two attached hydrogens (primary N) is 1. The van der Waals surface area contributed by atoms with Crippen LogP contribution in [-0.4, -0.2) is 6.61 Å². The summed E-state index contributed by atoms with van der Waals surface area (Å²) in [4.78, 5) is 0. The van der Waals surface area contributed by atoms with Crippen LogP contribution in [0.4, 0.5) is 4.39 Å². The van der Waals surface area contributed by atoms with Crippen molar-refractivity contribution in [2.24, 2.45) is 5.73 Å². The average molecular weight is 197 g/mol. The van der Waals surface area contributed by atoms with Crippen molar-refractivity contribution < 1.29 is 9.13 Å². The van der Waals surface area contributed by atoms with E-state index in [4.69, 9.17) is 10.5 Å². The molecule has 0 saturated heterocycles. The third-order valence-corrected chi connectivity index (χ3v) is 1.95. The molecule has 3 heteroatoms. The summed E-state index contributed by atoms with van der Waals surface area (Å²) < 4.78 is 18.5. The first-order valence-electron chi connectivity index (χ1n) is 4.83. The molecule has 0 radical (unpaired) electrons. The Labute approximate surface area is 83.9 Å². The highest BCUT2D eigenvalue weighted by Gasteiger charge is 2.02. The van der Waals surface area contributed by atoms with Gasteiger partial charge in [0.1, 0.15) is 5.82 Å². The van der Waals surface area contributed by atoms with Gasteiger partial charge >= 0.3 is 0 Å². The molecule has 0 aliphatic carbocycles. The van der Waals surface area contributed by atoms with E-state index in [0.29, 0.717) is 25.3 Å². The molecular weight excluding hydrogens is 181 g/mol. The second-order valence-electron chi connectivity index (χ2n) is 3.18. The molecule has 0 heterocycles.